The number of Topliss-reactive ketones (excluding diaryl/α,β-unsaturated/α-hetero) is 1. The molecular weight excluding hydrogens is 214 g/mol. The van der Waals surface area contributed by atoms with Crippen LogP contribution in [-0.2, 0) is 4.79 Å². The number of ketones is 1. The lowest BCUT2D eigenvalue weighted by Crippen LogP contribution is -2.20. The molecule has 3 nitrogen and oxygen atoms in total. The molecule has 1 aromatic rings. The fourth-order valence-corrected chi connectivity index (χ4v) is 1.65. The molecule has 17 heavy (non-hydrogen) atoms. The number of hydrogen-bond acceptors (Lipinski definition) is 2. The molecule has 0 saturated carbocycles. The van der Waals surface area contributed by atoms with E-state index in [4.69, 9.17) is 0 Å². The molecular formula is C14H19NO2. The number of carbonyl (C=O) groups excluding carboxylic acids is 2. The largest absolute Gasteiger partial charge is 0.326 e. The van der Waals surface area contributed by atoms with Crippen molar-refractivity contribution in [2.75, 3.05) is 5.32 Å². The van der Waals surface area contributed by atoms with E-state index in [0.29, 0.717) is 11.3 Å². The summed E-state index contributed by atoms with van der Waals surface area (Å²) >= 11 is 0. The number of carbonyl (C=O) groups is 2. The molecule has 1 aromatic carbocycles. The summed E-state index contributed by atoms with van der Waals surface area (Å²) in [6.45, 7) is 5.48. The molecule has 0 saturated heterocycles. The zero-order chi connectivity index (χ0) is 12.8. The van der Waals surface area contributed by atoms with Gasteiger partial charge in [0.2, 0.25) is 5.91 Å². The highest BCUT2D eigenvalue weighted by molar-refractivity contribution is 5.97. The lowest BCUT2D eigenvalue weighted by molar-refractivity contribution is -0.119. The van der Waals surface area contributed by atoms with Gasteiger partial charge in [0.1, 0.15) is 0 Å². The summed E-state index contributed by atoms with van der Waals surface area (Å²) in [5.41, 5.74) is 1.30. The van der Waals surface area contributed by atoms with Crippen LogP contribution in [0.2, 0.25) is 0 Å². The van der Waals surface area contributed by atoms with Gasteiger partial charge in [-0.05, 0) is 25.5 Å². The Bertz CT molecular complexity index is 412. The predicted molar refractivity (Wildman–Crippen MR) is 69.1 cm³/mol. The molecule has 0 heterocycles. The lowest BCUT2D eigenvalue weighted by atomic mass is 10.1. The maximum absolute atomic E-state index is 11.8. The van der Waals surface area contributed by atoms with Gasteiger partial charge < -0.3 is 5.32 Å². The fourth-order valence-electron chi connectivity index (χ4n) is 1.65. The van der Waals surface area contributed by atoms with E-state index in [1.165, 1.54) is 6.92 Å². The summed E-state index contributed by atoms with van der Waals surface area (Å²) in [5, 5.41) is 2.83. The Hall–Kier alpha value is -1.64. The minimum atomic E-state index is 0.000911. The van der Waals surface area contributed by atoms with Crippen molar-refractivity contribution in [1.82, 2.24) is 0 Å². The van der Waals surface area contributed by atoms with E-state index in [9.17, 15) is 9.59 Å². The smallest absolute Gasteiger partial charge is 0.227 e. The maximum Gasteiger partial charge on any atom is 0.227 e. The third-order valence-electron chi connectivity index (χ3n) is 2.71. The van der Waals surface area contributed by atoms with Crippen molar-refractivity contribution < 1.29 is 9.59 Å². The lowest BCUT2D eigenvalue weighted by Gasteiger charge is -2.11. The topological polar surface area (TPSA) is 46.2 Å². The first-order valence-corrected chi connectivity index (χ1v) is 5.96. The summed E-state index contributed by atoms with van der Waals surface area (Å²) in [5.74, 6) is 0.0104. The average Bonchev–Trinajstić information content (AvgIpc) is 2.29. The van der Waals surface area contributed by atoms with Crippen molar-refractivity contribution >= 4 is 17.4 Å². The van der Waals surface area contributed by atoms with Gasteiger partial charge in [0.15, 0.2) is 5.78 Å². The fraction of sp³-hybridized carbons (Fsp3) is 0.429. The van der Waals surface area contributed by atoms with Crippen molar-refractivity contribution in [2.24, 2.45) is 5.92 Å². The molecule has 1 amide bonds. The van der Waals surface area contributed by atoms with E-state index in [-0.39, 0.29) is 17.6 Å². The van der Waals surface area contributed by atoms with Gasteiger partial charge in [0.05, 0.1) is 0 Å². The highest BCUT2D eigenvalue weighted by atomic mass is 16.1. The predicted octanol–water partition coefficient (Wildman–Crippen LogP) is 3.26. The van der Waals surface area contributed by atoms with Crippen LogP contribution in [0, 0.1) is 5.92 Å². The van der Waals surface area contributed by atoms with Crippen LogP contribution in [0.3, 0.4) is 0 Å². The van der Waals surface area contributed by atoms with E-state index < -0.39 is 0 Å². The molecule has 0 aliphatic carbocycles. The summed E-state index contributed by atoms with van der Waals surface area (Å²) in [6, 6.07) is 7.02. The number of nitrogens with one attached hydrogen (secondary N) is 1. The number of benzene rings is 1. The minimum Gasteiger partial charge on any atom is -0.326 e. The number of rotatable bonds is 5. The Balaban J connectivity index is 2.71. The Kier molecular flexibility index (Phi) is 4.88. The van der Waals surface area contributed by atoms with E-state index >= 15 is 0 Å². The Morgan fingerprint density at radius 2 is 2.06 bits per heavy atom. The van der Waals surface area contributed by atoms with E-state index in [2.05, 4.69) is 12.2 Å². The Morgan fingerprint density at radius 3 is 2.65 bits per heavy atom. The standard InChI is InChI=1S/C14H19NO2/c1-4-6-10(2)14(17)15-13-8-5-7-12(9-13)11(3)16/h5,7-10H,4,6H2,1-3H3,(H,15,17)/t10-/m1/s1. The second kappa shape index (κ2) is 6.18. The third kappa shape index (κ3) is 4.02. The first kappa shape index (κ1) is 13.4. The molecule has 0 radical (unpaired) electrons. The van der Waals surface area contributed by atoms with Gasteiger partial charge in [-0.15, -0.1) is 0 Å². The van der Waals surface area contributed by atoms with Crippen LogP contribution < -0.4 is 5.32 Å². The molecule has 0 aliphatic heterocycles. The van der Waals surface area contributed by atoms with Gasteiger partial charge in [0.25, 0.3) is 0 Å². The molecule has 1 N–H and O–H groups in total. The van der Waals surface area contributed by atoms with Crippen molar-refractivity contribution in [2.45, 2.75) is 33.6 Å². The molecule has 0 unspecified atom stereocenters. The van der Waals surface area contributed by atoms with Crippen molar-refractivity contribution in [1.29, 1.82) is 0 Å². The van der Waals surface area contributed by atoms with Crippen LogP contribution in [0.1, 0.15) is 44.0 Å². The van der Waals surface area contributed by atoms with Crippen LogP contribution in [0.25, 0.3) is 0 Å². The number of hydrogen-bond donors (Lipinski definition) is 1. The minimum absolute atomic E-state index is 0.000911. The SMILES string of the molecule is CCC[C@@H](C)C(=O)Nc1cccc(C(C)=O)c1. The van der Waals surface area contributed by atoms with E-state index in [1.54, 1.807) is 24.3 Å². The molecule has 1 rings (SSSR count). The van der Waals surface area contributed by atoms with Gasteiger partial charge in [-0.2, -0.15) is 0 Å². The summed E-state index contributed by atoms with van der Waals surface area (Å²) in [4.78, 5) is 23.0. The molecule has 0 aliphatic rings. The Labute approximate surface area is 102 Å². The molecule has 3 heteroatoms. The van der Waals surface area contributed by atoms with Crippen LogP contribution in [0.15, 0.2) is 24.3 Å². The number of amides is 1. The van der Waals surface area contributed by atoms with Gasteiger partial charge in [0, 0.05) is 17.2 Å². The monoisotopic (exact) mass is 233 g/mol. The van der Waals surface area contributed by atoms with Crippen LogP contribution in [0.5, 0.6) is 0 Å². The molecule has 0 aromatic heterocycles. The first-order chi connectivity index (χ1) is 8.04. The zero-order valence-corrected chi connectivity index (χ0v) is 10.6. The van der Waals surface area contributed by atoms with E-state index in [0.717, 1.165) is 12.8 Å². The summed E-state index contributed by atoms with van der Waals surface area (Å²) in [7, 11) is 0. The second-order valence-electron chi connectivity index (χ2n) is 4.32. The maximum atomic E-state index is 11.8. The van der Waals surface area contributed by atoms with Gasteiger partial charge in [-0.25, -0.2) is 0 Å². The number of anilines is 1. The highest BCUT2D eigenvalue weighted by Crippen LogP contribution is 2.14. The third-order valence-corrected chi connectivity index (χ3v) is 2.71. The normalized spacial score (nSPS) is 11.9. The molecule has 0 spiro atoms. The molecule has 92 valence electrons. The second-order valence-corrected chi connectivity index (χ2v) is 4.32. The van der Waals surface area contributed by atoms with Gasteiger partial charge in [-0.3, -0.25) is 9.59 Å². The van der Waals surface area contributed by atoms with Crippen molar-refractivity contribution in [3.8, 4) is 0 Å². The highest BCUT2D eigenvalue weighted by Gasteiger charge is 2.12. The zero-order valence-electron chi connectivity index (χ0n) is 10.6. The summed E-state index contributed by atoms with van der Waals surface area (Å²) in [6.07, 6.45) is 1.86. The first-order valence-electron chi connectivity index (χ1n) is 5.96. The Morgan fingerprint density at radius 1 is 1.35 bits per heavy atom. The molecule has 0 fully saturated rings. The van der Waals surface area contributed by atoms with Crippen LogP contribution in [-0.4, -0.2) is 11.7 Å². The average molecular weight is 233 g/mol. The quantitative estimate of drug-likeness (QED) is 0.793. The molecule has 0 bridgehead atoms. The van der Waals surface area contributed by atoms with E-state index in [1.807, 2.05) is 6.92 Å². The summed E-state index contributed by atoms with van der Waals surface area (Å²) < 4.78 is 0. The van der Waals surface area contributed by atoms with Gasteiger partial charge in [-0.1, -0.05) is 32.4 Å². The molecule has 1 atom stereocenters. The van der Waals surface area contributed by atoms with Crippen LogP contribution >= 0.6 is 0 Å². The van der Waals surface area contributed by atoms with Gasteiger partial charge >= 0.3 is 0 Å². The van der Waals surface area contributed by atoms with Crippen molar-refractivity contribution in [3.05, 3.63) is 29.8 Å². The van der Waals surface area contributed by atoms with Crippen molar-refractivity contribution in [3.63, 3.8) is 0 Å². The van der Waals surface area contributed by atoms with Crippen LogP contribution in [0.4, 0.5) is 5.69 Å².